The van der Waals surface area contributed by atoms with Crippen molar-refractivity contribution in [1.82, 2.24) is 19.9 Å². The second-order valence-corrected chi connectivity index (χ2v) is 8.69. The maximum Gasteiger partial charge on any atom is 0.410 e. The van der Waals surface area contributed by atoms with Gasteiger partial charge in [0.1, 0.15) is 5.60 Å². The summed E-state index contributed by atoms with van der Waals surface area (Å²) in [5.41, 5.74) is 0.618. The van der Waals surface area contributed by atoms with E-state index in [-0.39, 0.29) is 11.7 Å². The summed E-state index contributed by atoms with van der Waals surface area (Å²) in [5.74, 6) is 1.57. The molecule has 2 fully saturated rings. The Labute approximate surface area is 162 Å². The maximum absolute atomic E-state index is 12.3. The minimum Gasteiger partial charge on any atom is -0.441 e. The van der Waals surface area contributed by atoms with Crippen LogP contribution in [-0.4, -0.2) is 77.9 Å². The average molecular weight is 379 g/mol. The van der Waals surface area contributed by atoms with Crippen LogP contribution < -0.4 is 0 Å². The molecule has 1 spiro atoms. The molecule has 0 N–H and O–H groups in total. The smallest absolute Gasteiger partial charge is 0.410 e. The van der Waals surface area contributed by atoms with Gasteiger partial charge in [-0.05, 0) is 32.9 Å². The Morgan fingerprint density at radius 2 is 2.07 bits per heavy atom. The van der Waals surface area contributed by atoms with Gasteiger partial charge >= 0.3 is 6.09 Å². The van der Waals surface area contributed by atoms with Crippen LogP contribution in [0.2, 0.25) is 0 Å². The van der Waals surface area contributed by atoms with E-state index in [1.807, 2.05) is 17.9 Å². The van der Waals surface area contributed by atoms with Crippen LogP contribution in [0.3, 0.4) is 0 Å². The molecule has 1 amide bonds. The van der Waals surface area contributed by atoms with Crippen LogP contribution in [0.1, 0.15) is 44.6 Å². The van der Waals surface area contributed by atoms with Crippen molar-refractivity contribution in [2.45, 2.75) is 52.2 Å². The lowest BCUT2D eigenvalue weighted by molar-refractivity contribution is -0.00296. The van der Waals surface area contributed by atoms with Gasteiger partial charge in [0.15, 0.2) is 5.76 Å². The summed E-state index contributed by atoms with van der Waals surface area (Å²) in [6.45, 7) is 12.6. The Morgan fingerprint density at radius 1 is 1.33 bits per heavy atom. The third-order valence-electron chi connectivity index (χ3n) is 5.51. The number of ether oxygens (including phenoxy) is 1. The molecule has 7 nitrogen and oxygen atoms in total. The zero-order valence-electron chi connectivity index (χ0n) is 17.2. The number of piperidine rings is 1. The molecular formula is C20H34N4O3. The molecule has 3 heterocycles. The van der Waals surface area contributed by atoms with Crippen LogP contribution in [-0.2, 0) is 11.3 Å². The molecule has 0 aromatic carbocycles. The second kappa shape index (κ2) is 8.61. The summed E-state index contributed by atoms with van der Waals surface area (Å²) in [7, 11) is 2.15. The highest BCUT2D eigenvalue weighted by atomic mass is 16.6. The molecule has 2 saturated heterocycles. The summed E-state index contributed by atoms with van der Waals surface area (Å²) in [6.07, 6.45) is 2.62. The molecule has 0 atom stereocenters. The Hall–Kier alpha value is -1.60. The summed E-state index contributed by atoms with van der Waals surface area (Å²) in [4.78, 5) is 18.9. The lowest BCUT2D eigenvalue weighted by Crippen LogP contribution is -2.46. The third kappa shape index (κ3) is 5.45. The largest absolute Gasteiger partial charge is 0.441 e. The maximum atomic E-state index is 12.3. The number of carbonyl (C=O) groups excluding carboxylic acids is 1. The molecule has 0 bridgehead atoms. The first-order chi connectivity index (χ1) is 12.8. The topological polar surface area (TPSA) is 62.0 Å². The summed E-state index contributed by atoms with van der Waals surface area (Å²) in [6, 6.07) is 1.98. The van der Waals surface area contributed by atoms with E-state index in [0.29, 0.717) is 5.92 Å². The molecule has 0 saturated carbocycles. The molecule has 2 aliphatic heterocycles. The first-order valence-electron chi connectivity index (χ1n) is 10.2. The van der Waals surface area contributed by atoms with Crippen molar-refractivity contribution >= 4 is 6.09 Å². The van der Waals surface area contributed by atoms with E-state index in [4.69, 9.17) is 9.26 Å². The van der Waals surface area contributed by atoms with Gasteiger partial charge < -0.3 is 19.1 Å². The van der Waals surface area contributed by atoms with E-state index < -0.39 is 0 Å². The zero-order valence-corrected chi connectivity index (χ0v) is 17.2. The Kier molecular flexibility index (Phi) is 6.42. The minimum absolute atomic E-state index is 0.138. The highest BCUT2D eigenvalue weighted by molar-refractivity contribution is 5.70. The second-order valence-electron chi connectivity index (χ2n) is 8.69. The van der Waals surface area contributed by atoms with Crippen LogP contribution in [0, 0.1) is 12.8 Å². The van der Waals surface area contributed by atoms with E-state index >= 15 is 0 Å². The van der Waals surface area contributed by atoms with Gasteiger partial charge in [-0.25, -0.2) is 4.79 Å². The van der Waals surface area contributed by atoms with Crippen LogP contribution in [0.15, 0.2) is 10.6 Å². The van der Waals surface area contributed by atoms with Gasteiger partial charge in [0.2, 0.25) is 0 Å². The lowest BCUT2D eigenvalue weighted by Gasteiger charge is -2.36. The van der Waals surface area contributed by atoms with Crippen LogP contribution in [0.4, 0.5) is 4.79 Å². The Balaban J connectivity index is 1.42. The number of amides is 1. The Morgan fingerprint density at radius 3 is 2.70 bits per heavy atom. The molecule has 0 radical (unpaired) electrons. The van der Waals surface area contributed by atoms with Crippen LogP contribution in [0.5, 0.6) is 0 Å². The number of nitrogens with zero attached hydrogens (tertiary/aromatic N) is 4. The van der Waals surface area contributed by atoms with Gasteiger partial charge in [-0.15, -0.1) is 0 Å². The summed E-state index contributed by atoms with van der Waals surface area (Å²) < 4.78 is 11.2. The van der Waals surface area contributed by atoms with Crippen LogP contribution in [0.25, 0.3) is 0 Å². The van der Waals surface area contributed by atoms with Gasteiger partial charge in [-0.2, -0.15) is 0 Å². The fourth-order valence-electron chi connectivity index (χ4n) is 4.20. The lowest BCUT2D eigenvalue weighted by atomic mass is 9.91. The van der Waals surface area contributed by atoms with E-state index in [1.54, 1.807) is 0 Å². The molecule has 0 aliphatic carbocycles. The standard InChI is InChI=1S/C20H34N4O3/c1-16(2)13-22(4)8-5-9-24-15-20(26-19(24)25)6-10-23(11-7-20)14-18-12-17(3)21-27-18/h12,16H,5-11,13-15H2,1-4H3. The number of likely N-dealkylation sites (tertiary alicyclic amines) is 1. The van der Waals surface area contributed by atoms with E-state index in [9.17, 15) is 4.79 Å². The predicted molar refractivity (Wildman–Crippen MR) is 103 cm³/mol. The van der Waals surface area contributed by atoms with Crippen molar-refractivity contribution in [2.75, 3.05) is 46.3 Å². The number of aromatic nitrogens is 1. The predicted octanol–water partition coefficient (Wildman–Crippen LogP) is 2.75. The number of hydrogen-bond donors (Lipinski definition) is 0. The molecule has 7 heteroatoms. The molecule has 1 aromatic rings. The molecule has 1 aromatic heterocycles. The number of hydrogen-bond acceptors (Lipinski definition) is 6. The highest BCUT2D eigenvalue weighted by Crippen LogP contribution is 2.33. The first kappa shape index (κ1) is 20.1. The first-order valence-corrected chi connectivity index (χ1v) is 10.2. The highest BCUT2D eigenvalue weighted by Gasteiger charge is 2.46. The monoisotopic (exact) mass is 378 g/mol. The molecular weight excluding hydrogens is 344 g/mol. The van der Waals surface area contributed by atoms with E-state index in [1.165, 1.54) is 0 Å². The van der Waals surface area contributed by atoms with Crippen molar-refractivity contribution in [2.24, 2.45) is 5.92 Å². The van der Waals surface area contributed by atoms with Gasteiger partial charge in [-0.3, -0.25) is 4.90 Å². The summed E-state index contributed by atoms with van der Waals surface area (Å²) in [5, 5.41) is 3.95. The normalized spacial score (nSPS) is 20.2. The summed E-state index contributed by atoms with van der Waals surface area (Å²) >= 11 is 0. The number of rotatable bonds is 8. The van der Waals surface area contributed by atoms with E-state index in [0.717, 1.165) is 76.5 Å². The van der Waals surface area contributed by atoms with Crippen molar-refractivity contribution in [1.29, 1.82) is 0 Å². The number of carbonyl (C=O) groups is 1. The SMILES string of the molecule is Cc1cc(CN2CCC3(CC2)CN(CCCN(C)CC(C)C)C(=O)O3)on1. The van der Waals surface area contributed by atoms with E-state index in [2.05, 4.69) is 35.9 Å². The molecule has 0 unspecified atom stereocenters. The Bertz CT molecular complexity index is 622. The molecule has 2 aliphatic rings. The molecule has 3 rings (SSSR count). The fraction of sp³-hybridized carbons (Fsp3) is 0.800. The van der Waals surface area contributed by atoms with Gasteiger partial charge in [-0.1, -0.05) is 19.0 Å². The van der Waals surface area contributed by atoms with Crippen molar-refractivity contribution < 1.29 is 14.1 Å². The van der Waals surface area contributed by atoms with Crippen molar-refractivity contribution in [3.63, 3.8) is 0 Å². The zero-order chi connectivity index (χ0) is 19.4. The van der Waals surface area contributed by atoms with Gasteiger partial charge in [0.25, 0.3) is 0 Å². The van der Waals surface area contributed by atoms with Crippen LogP contribution >= 0.6 is 0 Å². The van der Waals surface area contributed by atoms with Gasteiger partial charge in [0.05, 0.1) is 18.8 Å². The quantitative estimate of drug-likeness (QED) is 0.693. The minimum atomic E-state index is -0.297. The average Bonchev–Trinajstić information content (AvgIpc) is 3.13. The third-order valence-corrected chi connectivity index (χ3v) is 5.51. The van der Waals surface area contributed by atoms with Gasteiger partial charge in [0, 0.05) is 45.1 Å². The van der Waals surface area contributed by atoms with Crippen molar-refractivity contribution in [3.05, 3.63) is 17.5 Å². The number of aryl methyl sites for hydroxylation is 1. The molecule has 152 valence electrons. The fourth-order valence-corrected chi connectivity index (χ4v) is 4.20. The van der Waals surface area contributed by atoms with Crippen molar-refractivity contribution in [3.8, 4) is 0 Å². The molecule has 27 heavy (non-hydrogen) atoms.